The second kappa shape index (κ2) is 9.63. The fraction of sp³-hybridized carbons (Fsp3) is 0.524. The van der Waals surface area contributed by atoms with Crippen LogP contribution in [0.15, 0.2) is 17.4 Å². The van der Waals surface area contributed by atoms with Crippen molar-refractivity contribution in [1.29, 1.82) is 0 Å². The molecule has 0 aromatic carbocycles. The van der Waals surface area contributed by atoms with E-state index in [9.17, 15) is 4.79 Å². The molecule has 0 atom stereocenters. The van der Waals surface area contributed by atoms with Crippen LogP contribution in [-0.2, 0) is 0 Å². The minimum absolute atomic E-state index is 0. The Morgan fingerprint density at radius 3 is 2.18 bits per heavy atom. The van der Waals surface area contributed by atoms with E-state index >= 15 is 0 Å². The molecule has 0 radical (unpaired) electrons. The molecule has 2 saturated carbocycles. The van der Waals surface area contributed by atoms with Crippen LogP contribution in [0.2, 0.25) is 0 Å². The molecule has 6 N–H and O–H groups in total. The first-order valence-corrected chi connectivity index (χ1v) is 11.0. The van der Waals surface area contributed by atoms with E-state index in [0.717, 1.165) is 25.7 Å². The predicted octanol–water partition coefficient (Wildman–Crippen LogP) is 1.57. The van der Waals surface area contributed by atoms with Crippen molar-refractivity contribution in [2.24, 2.45) is 0 Å². The number of aliphatic hydroxyl groups excluding tert-OH is 1. The average molecular weight is 471 g/mol. The normalized spacial score (nSPS) is 15.8. The highest BCUT2D eigenvalue weighted by molar-refractivity contribution is 5.90. The summed E-state index contributed by atoms with van der Waals surface area (Å²) in [7, 11) is 0. The molecule has 2 aliphatic rings. The number of hydrogen-bond donors (Lipinski definition) is 4. The Hall–Kier alpha value is -3.74. The van der Waals surface area contributed by atoms with Gasteiger partial charge in [0.15, 0.2) is 11.3 Å². The SMILES string of the molecule is C.Nc1ncnc2c1c(=O)[nH]n2C1CCC1.Nc1ncnc2c1c(OCCO)nn2C1CCC1. The monoisotopic (exact) mass is 470 g/mol. The van der Waals surface area contributed by atoms with Gasteiger partial charge in [0.05, 0.1) is 18.7 Å². The number of anilines is 2. The van der Waals surface area contributed by atoms with E-state index in [1.165, 1.54) is 25.5 Å². The molecule has 0 aliphatic heterocycles. The van der Waals surface area contributed by atoms with Gasteiger partial charge in [-0.2, -0.15) is 0 Å². The second-order valence-electron chi connectivity index (χ2n) is 8.22. The highest BCUT2D eigenvalue weighted by Gasteiger charge is 2.26. The molecule has 0 bridgehead atoms. The van der Waals surface area contributed by atoms with Crippen molar-refractivity contribution >= 4 is 33.7 Å². The lowest BCUT2D eigenvalue weighted by molar-refractivity contribution is 0.194. The van der Waals surface area contributed by atoms with Crippen LogP contribution >= 0.6 is 0 Å². The van der Waals surface area contributed by atoms with Gasteiger partial charge in [-0.3, -0.25) is 14.6 Å². The first-order valence-electron chi connectivity index (χ1n) is 11.0. The molecule has 0 amide bonds. The number of aliphatic hydroxyl groups is 1. The lowest BCUT2D eigenvalue weighted by Crippen LogP contribution is -2.19. The van der Waals surface area contributed by atoms with Crippen molar-refractivity contribution in [3.8, 4) is 5.88 Å². The summed E-state index contributed by atoms with van der Waals surface area (Å²) in [6, 6.07) is 0.734. The van der Waals surface area contributed by atoms with Crippen molar-refractivity contribution < 1.29 is 9.84 Å². The van der Waals surface area contributed by atoms with Crippen molar-refractivity contribution in [3.63, 3.8) is 0 Å². The number of nitrogen functional groups attached to an aromatic ring is 2. The van der Waals surface area contributed by atoms with Crippen LogP contribution in [0.3, 0.4) is 0 Å². The number of aromatic nitrogens is 8. The van der Waals surface area contributed by atoms with E-state index in [1.54, 1.807) is 0 Å². The maximum Gasteiger partial charge on any atom is 0.277 e. The Bertz CT molecular complexity index is 1340. The van der Waals surface area contributed by atoms with Gasteiger partial charge in [-0.05, 0) is 38.5 Å². The molecule has 0 saturated heterocycles. The van der Waals surface area contributed by atoms with Gasteiger partial charge >= 0.3 is 0 Å². The second-order valence-corrected chi connectivity index (χ2v) is 8.22. The lowest BCUT2D eigenvalue weighted by atomic mass is 9.93. The summed E-state index contributed by atoms with van der Waals surface area (Å²) in [5.41, 5.74) is 12.6. The molecular formula is C21H30N10O3. The van der Waals surface area contributed by atoms with Gasteiger partial charge in [0.25, 0.3) is 5.56 Å². The van der Waals surface area contributed by atoms with E-state index in [0.29, 0.717) is 45.8 Å². The summed E-state index contributed by atoms with van der Waals surface area (Å²) in [4.78, 5) is 27.8. The van der Waals surface area contributed by atoms with E-state index in [4.69, 9.17) is 21.3 Å². The van der Waals surface area contributed by atoms with Crippen LogP contribution in [0.4, 0.5) is 11.6 Å². The van der Waals surface area contributed by atoms with E-state index < -0.39 is 0 Å². The number of nitrogens with zero attached hydrogens (tertiary/aromatic N) is 7. The molecule has 6 rings (SSSR count). The first kappa shape index (κ1) is 23.4. The average Bonchev–Trinajstić information content (AvgIpc) is 3.25. The third-order valence-corrected chi connectivity index (χ3v) is 6.21. The Kier molecular flexibility index (Phi) is 6.63. The van der Waals surface area contributed by atoms with Crippen LogP contribution in [0.5, 0.6) is 5.88 Å². The van der Waals surface area contributed by atoms with Gasteiger partial charge in [0.1, 0.15) is 41.7 Å². The Morgan fingerprint density at radius 2 is 1.59 bits per heavy atom. The number of ether oxygens (including phenoxy) is 1. The third kappa shape index (κ3) is 4.02. The van der Waals surface area contributed by atoms with Crippen molar-refractivity contribution in [2.75, 3.05) is 24.7 Å². The van der Waals surface area contributed by atoms with Gasteiger partial charge < -0.3 is 21.3 Å². The standard InChI is InChI=1S/C11H15N5O2.C9H11N5O.CH4/c12-9-8-10(14-6-13-9)16(7-2-1-3-7)15-11(8)18-5-4-17;10-7-6-8(12-4-11-7)14(13-9(6)15)5-2-1-3-5;/h6-7,17H,1-5H2,(H2,12,13,14);4-5H,1-3H2,(H,13,15)(H2,10,11,12);1H4. The number of fused-ring (bicyclic) bond motifs is 2. The van der Waals surface area contributed by atoms with Crippen LogP contribution < -0.4 is 21.8 Å². The molecule has 182 valence electrons. The number of hydrogen-bond acceptors (Lipinski definition) is 10. The minimum Gasteiger partial charge on any atom is -0.474 e. The summed E-state index contributed by atoms with van der Waals surface area (Å²) in [5, 5.41) is 17.0. The zero-order valence-corrected chi connectivity index (χ0v) is 18.0. The van der Waals surface area contributed by atoms with Crippen molar-refractivity contribution in [1.82, 2.24) is 39.5 Å². The van der Waals surface area contributed by atoms with Crippen LogP contribution in [0.25, 0.3) is 22.1 Å². The molecule has 2 aliphatic carbocycles. The zero-order valence-electron chi connectivity index (χ0n) is 18.0. The Balaban J connectivity index is 0.000000159. The maximum absolute atomic E-state index is 11.6. The van der Waals surface area contributed by atoms with E-state index in [2.05, 4.69) is 30.1 Å². The van der Waals surface area contributed by atoms with Gasteiger partial charge in [-0.25, -0.2) is 24.6 Å². The molecule has 13 nitrogen and oxygen atoms in total. The molecule has 13 heteroatoms. The number of H-pyrrole nitrogens is 1. The van der Waals surface area contributed by atoms with Gasteiger partial charge in [0, 0.05) is 0 Å². The highest BCUT2D eigenvalue weighted by atomic mass is 16.5. The number of nitrogens with two attached hydrogens (primary N) is 2. The smallest absolute Gasteiger partial charge is 0.277 e. The summed E-state index contributed by atoms with van der Waals surface area (Å²) in [5.74, 6) is 1.02. The predicted molar refractivity (Wildman–Crippen MR) is 127 cm³/mol. The third-order valence-electron chi connectivity index (χ3n) is 6.21. The van der Waals surface area contributed by atoms with E-state index in [-0.39, 0.29) is 32.0 Å². The molecule has 34 heavy (non-hydrogen) atoms. The molecular weight excluding hydrogens is 440 g/mol. The van der Waals surface area contributed by atoms with Gasteiger partial charge in [-0.1, -0.05) is 7.43 Å². The lowest BCUT2D eigenvalue weighted by Gasteiger charge is -2.26. The summed E-state index contributed by atoms with van der Waals surface area (Å²) in [6.45, 7) is 0.122. The van der Waals surface area contributed by atoms with Crippen LogP contribution in [0.1, 0.15) is 58.0 Å². The molecule has 2 fully saturated rings. The quantitative estimate of drug-likeness (QED) is 0.333. The fourth-order valence-electron chi connectivity index (χ4n) is 4.01. The topological polar surface area (TPSA) is 189 Å². The molecule has 0 unspecified atom stereocenters. The Labute approximate surface area is 195 Å². The van der Waals surface area contributed by atoms with Gasteiger partial charge in [-0.15, -0.1) is 5.10 Å². The summed E-state index contributed by atoms with van der Waals surface area (Å²) in [6.07, 6.45) is 9.60. The molecule has 4 aromatic heterocycles. The molecule has 0 spiro atoms. The fourth-order valence-corrected chi connectivity index (χ4v) is 4.01. The minimum atomic E-state index is -0.199. The van der Waals surface area contributed by atoms with E-state index in [1.807, 2.05) is 9.36 Å². The van der Waals surface area contributed by atoms with Crippen molar-refractivity contribution in [2.45, 2.75) is 58.0 Å². The first-order chi connectivity index (χ1) is 16.1. The van der Waals surface area contributed by atoms with Crippen molar-refractivity contribution in [3.05, 3.63) is 23.0 Å². The van der Waals surface area contributed by atoms with Crippen LogP contribution in [0, 0.1) is 0 Å². The maximum atomic E-state index is 11.6. The number of aromatic amines is 1. The van der Waals surface area contributed by atoms with Crippen LogP contribution in [-0.4, -0.2) is 57.8 Å². The molecule has 4 heterocycles. The number of rotatable bonds is 5. The summed E-state index contributed by atoms with van der Waals surface area (Å²) < 4.78 is 9.09. The Morgan fingerprint density at radius 1 is 0.971 bits per heavy atom. The molecule has 4 aromatic rings. The largest absolute Gasteiger partial charge is 0.474 e. The zero-order chi connectivity index (χ0) is 22.9. The number of nitrogens with one attached hydrogen (secondary N) is 1. The van der Waals surface area contributed by atoms with Gasteiger partial charge in [0.2, 0.25) is 5.88 Å². The summed E-state index contributed by atoms with van der Waals surface area (Å²) >= 11 is 0. The highest BCUT2D eigenvalue weighted by Crippen LogP contribution is 2.37.